The van der Waals surface area contributed by atoms with Crippen molar-refractivity contribution in [3.8, 4) is 56.9 Å². The first kappa shape index (κ1) is 40.5. The molecule has 2 amide bonds. The molecule has 2 aromatic carbocycles. The maximum Gasteiger partial charge on any atom is 0.253 e. The van der Waals surface area contributed by atoms with Crippen molar-refractivity contribution in [2.24, 2.45) is 11.5 Å². The molecule has 4 aliphatic carbocycles. The van der Waals surface area contributed by atoms with E-state index < -0.39 is 5.54 Å². The number of aryl methyl sites for hydroxylation is 3. The summed E-state index contributed by atoms with van der Waals surface area (Å²) in [7, 11) is 0. The molecule has 2 saturated carbocycles. The van der Waals surface area contributed by atoms with E-state index in [2.05, 4.69) is 94.8 Å². The Morgan fingerprint density at radius 1 is 0.656 bits per heavy atom. The van der Waals surface area contributed by atoms with E-state index in [1.54, 1.807) is 0 Å². The van der Waals surface area contributed by atoms with Crippen LogP contribution < -0.4 is 22.1 Å². The molecule has 2 fully saturated rings. The van der Waals surface area contributed by atoms with E-state index in [9.17, 15) is 9.59 Å². The van der Waals surface area contributed by atoms with Gasteiger partial charge in [-0.1, -0.05) is 48.2 Å². The number of carbonyl (C=O) groups is 2. The van der Waals surface area contributed by atoms with E-state index in [4.69, 9.17) is 21.4 Å². The maximum absolute atomic E-state index is 12.7. The van der Waals surface area contributed by atoms with Crippen LogP contribution in [0.2, 0.25) is 0 Å². The summed E-state index contributed by atoms with van der Waals surface area (Å²) in [6, 6.07) is 21.2. The van der Waals surface area contributed by atoms with Gasteiger partial charge in [-0.3, -0.25) is 19.6 Å². The molecule has 0 unspecified atom stereocenters. The molecule has 324 valence electrons. The third-order valence-corrected chi connectivity index (χ3v) is 14.4. The summed E-state index contributed by atoms with van der Waals surface area (Å²) in [5.74, 6) is 6.36. The number of aromatic amines is 2. The van der Waals surface area contributed by atoms with Crippen LogP contribution in [0.3, 0.4) is 0 Å². The van der Waals surface area contributed by atoms with Gasteiger partial charge in [-0.25, -0.2) is 0 Å². The van der Waals surface area contributed by atoms with E-state index in [-0.39, 0.29) is 28.2 Å². The summed E-state index contributed by atoms with van der Waals surface area (Å²) < 4.78 is 0. The second-order valence-electron chi connectivity index (χ2n) is 20.6. The molecule has 0 saturated heterocycles. The smallest absolute Gasteiger partial charge is 0.253 e. The van der Waals surface area contributed by atoms with Crippen molar-refractivity contribution < 1.29 is 9.59 Å². The van der Waals surface area contributed by atoms with Crippen LogP contribution >= 0.6 is 0 Å². The molecule has 2 spiro atoms. The zero-order valence-corrected chi connectivity index (χ0v) is 37.3. The number of H-pyrrole nitrogens is 2. The number of amides is 2. The van der Waals surface area contributed by atoms with Crippen molar-refractivity contribution in [1.82, 2.24) is 30.6 Å². The normalized spacial score (nSPS) is 17.8. The van der Waals surface area contributed by atoms with Gasteiger partial charge < -0.3 is 32.1 Å². The zero-order valence-electron chi connectivity index (χ0n) is 37.3. The van der Waals surface area contributed by atoms with Gasteiger partial charge in [-0.2, -0.15) is 0 Å². The molecular weight excluding hydrogens is 793 g/mol. The van der Waals surface area contributed by atoms with Crippen LogP contribution in [0.1, 0.15) is 125 Å². The number of rotatable bonds is 5. The quantitative estimate of drug-likeness (QED) is 0.0962. The van der Waals surface area contributed by atoms with E-state index in [0.29, 0.717) is 0 Å². The standard InChI is InChI=1S/C27H30N4O.C27H26N4O/c2*1-26(2,28)10-9-16-3-5-17(6-4-16)21-13-20-18(14-29-21)7-8-19-22-24(31-23(19)20)27(11-12-27)15-30-25(22)32/h3-6,13-14,31H,7-12,15,28H2,1-2H3,(H,30,32);3-6,13-14,31H,7-8,11-12,15,28H2,1-2H3,(H,30,32). The lowest BCUT2D eigenvalue weighted by atomic mass is 9.86. The molecule has 8 N–H and O–H groups in total. The number of hydrogen-bond donors (Lipinski definition) is 6. The first-order valence-corrected chi connectivity index (χ1v) is 23.0. The summed E-state index contributed by atoms with van der Waals surface area (Å²) in [6.45, 7) is 9.45. The van der Waals surface area contributed by atoms with Crippen molar-refractivity contribution in [3.05, 3.63) is 129 Å². The topological polar surface area (TPSA) is 168 Å². The molecule has 0 atom stereocenters. The Labute approximate surface area is 374 Å². The van der Waals surface area contributed by atoms with Crippen LogP contribution in [0.5, 0.6) is 0 Å². The van der Waals surface area contributed by atoms with Crippen molar-refractivity contribution in [2.75, 3.05) is 13.1 Å². The predicted molar refractivity (Wildman–Crippen MR) is 252 cm³/mol. The van der Waals surface area contributed by atoms with E-state index in [1.165, 1.54) is 44.6 Å². The van der Waals surface area contributed by atoms with E-state index >= 15 is 0 Å². The fraction of sp³-hybridized carbons (Fsp3) is 0.370. The molecule has 64 heavy (non-hydrogen) atoms. The van der Waals surface area contributed by atoms with Gasteiger partial charge >= 0.3 is 0 Å². The van der Waals surface area contributed by atoms with Gasteiger partial charge in [0.1, 0.15) is 0 Å². The highest BCUT2D eigenvalue weighted by Gasteiger charge is 2.53. The second kappa shape index (κ2) is 14.6. The van der Waals surface area contributed by atoms with Gasteiger partial charge in [0.05, 0.1) is 39.4 Å². The Kier molecular flexibility index (Phi) is 9.25. The van der Waals surface area contributed by atoms with Gasteiger partial charge in [0.2, 0.25) is 0 Å². The van der Waals surface area contributed by atoms with Crippen LogP contribution in [-0.4, -0.2) is 55.9 Å². The van der Waals surface area contributed by atoms with Gasteiger partial charge in [0.25, 0.3) is 11.8 Å². The Morgan fingerprint density at radius 3 is 1.56 bits per heavy atom. The summed E-state index contributed by atoms with van der Waals surface area (Å²) in [6.07, 6.45) is 14.1. The number of nitrogens with zero attached hydrogens (tertiary/aromatic N) is 2. The molecule has 10 heteroatoms. The number of fused-ring (bicyclic) bond motifs is 12. The molecule has 6 heterocycles. The Morgan fingerprint density at radius 2 is 1.12 bits per heavy atom. The highest BCUT2D eigenvalue weighted by molar-refractivity contribution is 6.02. The lowest BCUT2D eigenvalue weighted by molar-refractivity contribution is 0.0928. The van der Waals surface area contributed by atoms with Crippen molar-refractivity contribution in [2.45, 2.75) is 114 Å². The van der Waals surface area contributed by atoms with Crippen LogP contribution in [0.25, 0.3) is 45.0 Å². The molecule has 0 bridgehead atoms. The third-order valence-electron chi connectivity index (χ3n) is 14.4. The van der Waals surface area contributed by atoms with Crippen molar-refractivity contribution in [3.63, 3.8) is 0 Å². The van der Waals surface area contributed by atoms with Crippen molar-refractivity contribution in [1.29, 1.82) is 0 Å². The van der Waals surface area contributed by atoms with Gasteiger partial charge in [-0.15, -0.1) is 0 Å². The highest BCUT2D eigenvalue weighted by atomic mass is 16.2. The lowest BCUT2D eigenvalue weighted by Crippen LogP contribution is -2.39. The first-order valence-electron chi connectivity index (χ1n) is 23.0. The number of hydrogen-bond acceptors (Lipinski definition) is 6. The number of nitrogens with one attached hydrogen (secondary N) is 4. The molecule has 6 aromatic rings. The monoisotopic (exact) mass is 848 g/mol. The van der Waals surface area contributed by atoms with Crippen molar-refractivity contribution >= 4 is 11.8 Å². The van der Waals surface area contributed by atoms with E-state index in [0.717, 1.165) is 134 Å². The molecule has 2 aliphatic heterocycles. The summed E-state index contributed by atoms with van der Waals surface area (Å²) >= 11 is 0. The molecule has 10 nitrogen and oxygen atoms in total. The maximum atomic E-state index is 12.7. The highest BCUT2D eigenvalue weighted by Crippen LogP contribution is 2.54. The molecule has 12 rings (SSSR count). The average molecular weight is 849 g/mol. The third kappa shape index (κ3) is 7.25. The van der Waals surface area contributed by atoms with Gasteiger partial charge in [0.15, 0.2) is 0 Å². The summed E-state index contributed by atoms with van der Waals surface area (Å²) in [5.41, 5.74) is 31.6. The Balaban J connectivity index is 0.000000143. The second-order valence-corrected chi connectivity index (χ2v) is 20.6. The average Bonchev–Trinajstić information content (AvgIpc) is 4.17. The van der Waals surface area contributed by atoms with Crippen LogP contribution in [0, 0.1) is 11.8 Å². The van der Waals surface area contributed by atoms with Crippen LogP contribution in [-0.2, 0) is 42.9 Å². The van der Waals surface area contributed by atoms with Gasteiger partial charge in [0, 0.05) is 81.1 Å². The van der Waals surface area contributed by atoms with Crippen LogP contribution in [0.15, 0.2) is 73.1 Å². The van der Waals surface area contributed by atoms with Crippen LogP contribution in [0.4, 0.5) is 0 Å². The van der Waals surface area contributed by atoms with E-state index in [1.807, 2.05) is 38.4 Å². The molecule has 4 aromatic heterocycles. The number of carbonyl (C=O) groups excluding carboxylic acids is 2. The molecular formula is C54H56N8O2. The number of benzene rings is 2. The minimum Gasteiger partial charge on any atom is -0.357 e. The Bertz CT molecular complexity index is 2950. The minimum absolute atomic E-state index is 0.0742. The Hall–Kier alpha value is -6.28. The first-order chi connectivity index (χ1) is 30.7. The number of pyridine rings is 2. The molecule has 6 aliphatic rings. The fourth-order valence-electron chi connectivity index (χ4n) is 10.3. The lowest BCUT2D eigenvalue weighted by Gasteiger charge is -2.23. The summed E-state index contributed by atoms with van der Waals surface area (Å²) in [4.78, 5) is 42.4. The van der Waals surface area contributed by atoms with Gasteiger partial charge in [-0.05, 0) is 144 Å². The largest absolute Gasteiger partial charge is 0.357 e. The molecule has 0 radical (unpaired) electrons. The summed E-state index contributed by atoms with van der Waals surface area (Å²) in [5, 5.41) is 6.26. The fourth-order valence-corrected chi connectivity index (χ4v) is 10.3. The minimum atomic E-state index is -0.512. The zero-order chi connectivity index (χ0) is 44.2. The SMILES string of the molecule is CC(C)(N)C#Cc1ccc(-c2cc3c(cn2)CCc2c-3[nH]c3c2C(=O)NCC32CC2)cc1.CC(C)(N)CCc1ccc(-c2cc3c(cn2)CCc2c-3[nH]c3c2C(=O)NCC32CC2)cc1. The number of aromatic nitrogens is 4. The predicted octanol–water partition coefficient (Wildman–Crippen LogP) is 7.99. The number of nitrogens with two attached hydrogens (primary N) is 2.